The first-order chi connectivity index (χ1) is 9.17. The van der Waals surface area contributed by atoms with Crippen LogP contribution in [0.25, 0.3) is 5.82 Å². The molecule has 0 saturated carbocycles. The summed E-state index contributed by atoms with van der Waals surface area (Å²) in [6, 6.07) is 3.54. The van der Waals surface area contributed by atoms with Crippen molar-refractivity contribution in [1.29, 1.82) is 0 Å². The van der Waals surface area contributed by atoms with E-state index in [1.54, 1.807) is 11.7 Å². The quantitative estimate of drug-likeness (QED) is 0.833. The molecule has 6 heteroatoms. The molecule has 102 valence electrons. The molecule has 6 nitrogen and oxygen atoms in total. The van der Waals surface area contributed by atoms with E-state index in [2.05, 4.69) is 10.4 Å². The fourth-order valence-electron chi connectivity index (χ4n) is 1.91. The SMILES string of the molecule is CC[C@@H](CO)NC(=O)c1cnn(C)c1-n1cccc1. The number of carbonyl (C=O) groups excluding carboxylic acids is 1. The van der Waals surface area contributed by atoms with Gasteiger partial charge in [-0.3, -0.25) is 9.48 Å². The van der Waals surface area contributed by atoms with Crippen LogP contribution in [-0.4, -0.2) is 38.0 Å². The molecule has 2 aromatic rings. The molecule has 2 heterocycles. The van der Waals surface area contributed by atoms with Crippen molar-refractivity contribution in [3.05, 3.63) is 36.3 Å². The maximum absolute atomic E-state index is 12.2. The largest absolute Gasteiger partial charge is 0.394 e. The number of hydrogen-bond donors (Lipinski definition) is 2. The highest BCUT2D eigenvalue weighted by molar-refractivity contribution is 5.97. The summed E-state index contributed by atoms with van der Waals surface area (Å²) < 4.78 is 3.48. The maximum Gasteiger partial charge on any atom is 0.256 e. The van der Waals surface area contributed by atoms with E-state index in [0.717, 1.165) is 0 Å². The van der Waals surface area contributed by atoms with Crippen molar-refractivity contribution in [3.63, 3.8) is 0 Å². The molecular formula is C13H18N4O2. The molecule has 0 aliphatic heterocycles. The lowest BCUT2D eigenvalue weighted by Crippen LogP contribution is -2.37. The van der Waals surface area contributed by atoms with Crippen LogP contribution in [0.4, 0.5) is 0 Å². The summed E-state index contributed by atoms with van der Waals surface area (Å²) in [5.74, 6) is 0.480. The second-order valence-electron chi connectivity index (χ2n) is 4.36. The number of aryl methyl sites for hydroxylation is 1. The van der Waals surface area contributed by atoms with Gasteiger partial charge in [0.05, 0.1) is 18.8 Å². The van der Waals surface area contributed by atoms with E-state index in [0.29, 0.717) is 17.8 Å². The Morgan fingerprint density at radius 1 is 1.47 bits per heavy atom. The van der Waals surface area contributed by atoms with Crippen molar-refractivity contribution in [3.8, 4) is 5.82 Å². The highest BCUT2D eigenvalue weighted by Crippen LogP contribution is 2.14. The summed E-state index contributed by atoms with van der Waals surface area (Å²) in [7, 11) is 1.79. The Labute approximate surface area is 111 Å². The predicted octanol–water partition coefficient (Wildman–Crippen LogP) is 0.711. The van der Waals surface area contributed by atoms with Gasteiger partial charge in [0.1, 0.15) is 11.4 Å². The first kappa shape index (κ1) is 13.4. The van der Waals surface area contributed by atoms with E-state index in [-0.39, 0.29) is 18.6 Å². The first-order valence-corrected chi connectivity index (χ1v) is 6.24. The van der Waals surface area contributed by atoms with Gasteiger partial charge in [-0.05, 0) is 18.6 Å². The van der Waals surface area contributed by atoms with Gasteiger partial charge in [0, 0.05) is 19.4 Å². The molecule has 2 rings (SSSR count). The smallest absolute Gasteiger partial charge is 0.256 e. The third-order valence-corrected chi connectivity index (χ3v) is 3.05. The van der Waals surface area contributed by atoms with Crippen LogP contribution in [-0.2, 0) is 7.05 Å². The summed E-state index contributed by atoms with van der Waals surface area (Å²) in [5.41, 5.74) is 0.491. The van der Waals surface area contributed by atoms with Gasteiger partial charge >= 0.3 is 0 Å². The zero-order valence-electron chi connectivity index (χ0n) is 11.1. The summed E-state index contributed by atoms with van der Waals surface area (Å²) in [5, 5.41) is 16.1. The van der Waals surface area contributed by atoms with E-state index < -0.39 is 0 Å². The molecule has 1 amide bonds. The molecule has 0 aromatic carbocycles. The lowest BCUT2D eigenvalue weighted by atomic mass is 10.2. The van der Waals surface area contributed by atoms with Crippen LogP contribution < -0.4 is 5.32 Å². The van der Waals surface area contributed by atoms with Crippen LogP contribution in [0.1, 0.15) is 23.7 Å². The van der Waals surface area contributed by atoms with Gasteiger partial charge in [0.25, 0.3) is 5.91 Å². The van der Waals surface area contributed by atoms with Crippen LogP contribution in [0.5, 0.6) is 0 Å². The number of amides is 1. The normalized spacial score (nSPS) is 12.4. The summed E-state index contributed by atoms with van der Waals surface area (Å²) in [6.07, 6.45) is 5.93. The van der Waals surface area contributed by atoms with Gasteiger partial charge in [-0.2, -0.15) is 5.10 Å². The van der Waals surface area contributed by atoms with Crippen LogP contribution in [0.2, 0.25) is 0 Å². The topological polar surface area (TPSA) is 72.1 Å². The third-order valence-electron chi connectivity index (χ3n) is 3.05. The van der Waals surface area contributed by atoms with E-state index >= 15 is 0 Å². The lowest BCUT2D eigenvalue weighted by Gasteiger charge is -2.14. The Morgan fingerprint density at radius 2 is 2.16 bits per heavy atom. The van der Waals surface area contributed by atoms with Crippen LogP contribution >= 0.6 is 0 Å². The second-order valence-corrected chi connectivity index (χ2v) is 4.36. The van der Waals surface area contributed by atoms with Crippen molar-refractivity contribution in [1.82, 2.24) is 19.7 Å². The molecule has 0 bridgehead atoms. The average molecular weight is 262 g/mol. The summed E-state index contributed by atoms with van der Waals surface area (Å²) in [4.78, 5) is 12.2. The molecule has 0 fully saturated rings. The molecule has 2 aromatic heterocycles. The van der Waals surface area contributed by atoms with E-state index in [9.17, 15) is 4.79 Å². The number of nitrogens with zero attached hydrogens (tertiary/aromatic N) is 3. The minimum absolute atomic E-state index is 0.0681. The molecule has 0 radical (unpaired) electrons. The van der Waals surface area contributed by atoms with Crippen LogP contribution in [0.3, 0.4) is 0 Å². The minimum atomic E-state index is -0.231. The molecule has 0 saturated heterocycles. The van der Waals surface area contributed by atoms with E-state index in [4.69, 9.17) is 5.11 Å². The van der Waals surface area contributed by atoms with Gasteiger partial charge < -0.3 is 15.0 Å². The third kappa shape index (κ3) is 2.68. The summed E-state index contributed by atoms with van der Waals surface area (Å²) >= 11 is 0. The second kappa shape index (κ2) is 5.71. The van der Waals surface area contributed by atoms with Crippen molar-refractivity contribution < 1.29 is 9.90 Å². The van der Waals surface area contributed by atoms with Crippen molar-refractivity contribution in [2.75, 3.05) is 6.61 Å². The van der Waals surface area contributed by atoms with Crippen molar-refractivity contribution in [2.45, 2.75) is 19.4 Å². The van der Waals surface area contributed by atoms with Crippen molar-refractivity contribution in [2.24, 2.45) is 7.05 Å². The molecule has 2 N–H and O–H groups in total. The lowest BCUT2D eigenvalue weighted by molar-refractivity contribution is 0.0915. The van der Waals surface area contributed by atoms with Crippen molar-refractivity contribution >= 4 is 5.91 Å². The molecule has 1 atom stereocenters. The van der Waals surface area contributed by atoms with E-state index in [1.807, 2.05) is 36.0 Å². The average Bonchev–Trinajstić information content (AvgIpc) is 3.04. The van der Waals surface area contributed by atoms with Gasteiger partial charge in [0.2, 0.25) is 0 Å². The Hall–Kier alpha value is -2.08. The zero-order valence-corrected chi connectivity index (χ0v) is 11.1. The highest BCUT2D eigenvalue weighted by atomic mass is 16.3. The Balaban J connectivity index is 2.28. The molecular weight excluding hydrogens is 244 g/mol. The minimum Gasteiger partial charge on any atom is -0.394 e. The number of aromatic nitrogens is 3. The number of aliphatic hydroxyl groups is 1. The number of carbonyl (C=O) groups is 1. The van der Waals surface area contributed by atoms with E-state index in [1.165, 1.54) is 6.20 Å². The maximum atomic E-state index is 12.2. The fourth-order valence-corrected chi connectivity index (χ4v) is 1.91. The predicted molar refractivity (Wildman–Crippen MR) is 71.2 cm³/mol. The monoisotopic (exact) mass is 262 g/mol. The number of hydrogen-bond acceptors (Lipinski definition) is 3. The first-order valence-electron chi connectivity index (χ1n) is 6.24. The molecule has 0 spiro atoms. The van der Waals surface area contributed by atoms with Gasteiger partial charge in [0.15, 0.2) is 0 Å². The highest BCUT2D eigenvalue weighted by Gasteiger charge is 2.19. The Morgan fingerprint density at radius 3 is 2.74 bits per heavy atom. The molecule has 0 aliphatic rings. The molecule has 0 unspecified atom stereocenters. The fraction of sp³-hybridized carbons (Fsp3) is 0.385. The molecule has 0 aliphatic carbocycles. The van der Waals surface area contributed by atoms with Crippen LogP contribution in [0, 0.1) is 0 Å². The van der Waals surface area contributed by atoms with Gasteiger partial charge in [-0.1, -0.05) is 6.92 Å². The van der Waals surface area contributed by atoms with Gasteiger partial charge in [-0.25, -0.2) is 0 Å². The van der Waals surface area contributed by atoms with Crippen LogP contribution in [0.15, 0.2) is 30.7 Å². The Bertz CT molecular complexity index is 541. The number of aliphatic hydroxyl groups excluding tert-OH is 1. The number of nitrogens with one attached hydrogen (secondary N) is 1. The Kier molecular flexibility index (Phi) is 4.01. The van der Waals surface area contributed by atoms with Gasteiger partial charge in [-0.15, -0.1) is 0 Å². The number of rotatable bonds is 5. The zero-order chi connectivity index (χ0) is 13.8. The standard InChI is InChI=1S/C13H18N4O2/c1-3-10(9-18)15-12(19)11-8-14-16(2)13(11)17-6-4-5-7-17/h4-8,10,18H,3,9H2,1-2H3,(H,15,19)/t10-/m0/s1. The summed E-state index contributed by atoms with van der Waals surface area (Å²) in [6.45, 7) is 1.85. The molecule has 19 heavy (non-hydrogen) atoms.